The largest absolute Gasteiger partial charge is 0.462 e. The minimum absolute atomic E-state index is 0.0772. The minimum Gasteiger partial charge on any atom is -0.462 e. The predicted molar refractivity (Wildman–Crippen MR) is 191 cm³/mol. The zero-order valence-corrected chi connectivity index (χ0v) is 29.4. The van der Waals surface area contributed by atoms with Crippen LogP contribution in [0.2, 0.25) is 0 Å². The van der Waals surface area contributed by atoms with Crippen LogP contribution in [-0.4, -0.2) is 36.4 Å². The van der Waals surface area contributed by atoms with Crippen LogP contribution < -0.4 is 0 Å². The second-order valence-electron chi connectivity index (χ2n) is 12.3. The van der Waals surface area contributed by atoms with Crippen molar-refractivity contribution >= 4 is 11.9 Å². The van der Waals surface area contributed by atoms with Crippen LogP contribution >= 0.6 is 0 Å². The molecule has 0 aliphatic rings. The van der Waals surface area contributed by atoms with E-state index in [2.05, 4.69) is 62.5 Å². The van der Waals surface area contributed by atoms with Crippen LogP contribution in [0.3, 0.4) is 0 Å². The van der Waals surface area contributed by atoms with Gasteiger partial charge in [0.1, 0.15) is 6.61 Å². The smallest absolute Gasteiger partial charge is 0.306 e. The summed E-state index contributed by atoms with van der Waals surface area (Å²) in [5.74, 6) is -0.619. The minimum atomic E-state index is -0.780. The van der Waals surface area contributed by atoms with Gasteiger partial charge in [0.25, 0.3) is 0 Å². The third-order valence-electron chi connectivity index (χ3n) is 7.85. The molecule has 1 N–H and O–H groups in total. The lowest BCUT2D eigenvalue weighted by Crippen LogP contribution is -2.28. The fourth-order valence-corrected chi connectivity index (χ4v) is 4.95. The molecule has 0 aromatic carbocycles. The Balaban J connectivity index is 3.61. The summed E-state index contributed by atoms with van der Waals surface area (Å²) >= 11 is 0. The Hall–Kier alpha value is -2.14. The molecule has 0 bridgehead atoms. The summed E-state index contributed by atoms with van der Waals surface area (Å²) in [6.07, 6.45) is 44.4. The molecule has 0 saturated carbocycles. The highest BCUT2D eigenvalue weighted by Crippen LogP contribution is 2.12. The molecule has 5 nitrogen and oxygen atoms in total. The van der Waals surface area contributed by atoms with E-state index in [9.17, 15) is 14.7 Å². The molecule has 5 heteroatoms. The van der Waals surface area contributed by atoms with E-state index in [0.29, 0.717) is 12.8 Å². The maximum absolute atomic E-state index is 12.1. The first-order valence-corrected chi connectivity index (χ1v) is 18.7. The van der Waals surface area contributed by atoms with Gasteiger partial charge in [0, 0.05) is 12.8 Å². The monoisotopic (exact) mass is 631 g/mol. The lowest BCUT2D eigenvalue weighted by atomic mass is 10.1. The van der Waals surface area contributed by atoms with Gasteiger partial charge in [-0.15, -0.1) is 0 Å². The van der Waals surface area contributed by atoms with Gasteiger partial charge in [-0.1, -0.05) is 140 Å². The van der Waals surface area contributed by atoms with Gasteiger partial charge in [0.15, 0.2) is 6.10 Å². The fraction of sp³-hybridized carbons (Fsp3) is 0.750. The molecule has 0 rings (SSSR count). The summed E-state index contributed by atoms with van der Waals surface area (Å²) in [7, 11) is 0. The molecule has 0 aromatic rings. The molecule has 45 heavy (non-hydrogen) atoms. The van der Waals surface area contributed by atoms with Crippen molar-refractivity contribution in [2.24, 2.45) is 0 Å². The summed E-state index contributed by atoms with van der Waals surface area (Å²) in [4.78, 5) is 24.2. The normalized spacial score (nSPS) is 12.7. The summed E-state index contributed by atoms with van der Waals surface area (Å²) < 4.78 is 10.6. The van der Waals surface area contributed by atoms with Crippen LogP contribution in [0.5, 0.6) is 0 Å². The lowest BCUT2D eigenvalue weighted by Gasteiger charge is -2.15. The Labute approximate surface area is 278 Å². The van der Waals surface area contributed by atoms with Crippen molar-refractivity contribution in [3.05, 3.63) is 48.6 Å². The maximum atomic E-state index is 12.1. The van der Waals surface area contributed by atoms with Crippen LogP contribution in [0.1, 0.15) is 174 Å². The highest BCUT2D eigenvalue weighted by Gasteiger charge is 2.16. The van der Waals surface area contributed by atoms with E-state index < -0.39 is 6.10 Å². The fourth-order valence-electron chi connectivity index (χ4n) is 4.95. The highest BCUT2D eigenvalue weighted by atomic mass is 16.6. The second-order valence-corrected chi connectivity index (χ2v) is 12.3. The van der Waals surface area contributed by atoms with E-state index in [1.54, 1.807) is 0 Å². The zero-order chi connectivity index (χ0) is 32.9. The van der Waals surface area contributed by atoms with E-state index in [4.69, 9.17) is 9.47 Å². The molecular weight excluding hydrogens is 560 g/mol. The van der Waals surface area contributed by atoms with Crippen LogP contribution in [-0.2, 0) is 19.1 Å². The van der Waals surface area contributed by atoms with Crippen LogP contribution in [0.25, 0.3) is 0 Å². The Morgan fingerprint density at radius 1 is 0.511 bits per heavy atom. The number of rotatable bonds is 33. The SMILES string of the molecule is CCCC/C=C\C/C=C\CCCCCCCC(=O)OC[C@H](CO)OC(=O)CCCCCCCCC/C=C\C/C=C\CCCCC. The number of unbranched alkanes of at least 4 members (excludes halogenated alkanes) is 17. The number of hydrogen-bond donors (Lipinski definition) is 1. The highest BCUT2D eigenvalue weighted by molar-refractivity contribution is 5.70. The van der Waals surface area contributed by atoms with E-state index >= 15 is 0 Å². The maximum Gasteiger partial charge on any atom is 0.306 e. The number of esters is 2. The van der Waals surface area contributed by atoms with Crippen molar-refractivity contribution < 1.29 is 24.2 Å². The molecule has 260 valence electrons. The average Bonchev–Trinajstić information content (AvgIpc) is 3.04. The van der Waals surface area contributed by atoms with Crippen LogP contribution in [0.15, 0.2) is 48.6 Å². The predicted octanol–water partition coefficient (Wildman–Crippen LogP) is 11.5. The summed E-state index contributed by atoms with van der Waals surface area (Å²) in [5.41, 5.74) is 0. The van der Waals surface area contributed by atoms with Crippen LogP contribution in [0.4, 0.5) is 0 Å². The number of hydrogen-bond acceptors (Lipinski definition) is 5. The quantitative estimate of drug-likeness (QED) is 0.0444. The van der Waals surface area contributed by atoms with E-state index in [-0.39, 0.29) is 25.2 Å². The van der Waals surface area contributed by atoms with E-state index in [0.717, 1.165) is 64.2 Å². The number of allylic oxidation sites excluding steroid dienone is 8. The first kappa shape index (κ1) is 42.9. The third kappa shape index (κ3) is 34.6. The van der Waals surface area contributed by atoms with Crippen LogP contribution in [0, 0.1) is 0 Å². The lowest BCUT2D eigenvalue weighted by molar-refractivity contribution is -0.161. The molecule has 0 aliphatic heterocycles. The van der Waals surface area contributed by atoms with Crippen molar-refractivity contribution in [2.45, 2.75) is 180 Å². The summed E-state index contributed by atoms with van der Waals surface area (Å²) in [6.45, 7) is 4.04. The Bertz CT molecular complexity index is 767. The standard InChI is InChI=1S/C40H70O5/c1-3-5-7-9-11-13-15-17-19-20-21-23-25-27-29-31-33-35-40(43)45-38(36-41)37-44-39(42)34-32-30-28-26-24-22-18-16-14-12-10-8-6-4-2/h10-13,16-19,38,41H,3-9,14-15,20-37H2,1-2H3/b12-10-,13-11-,18-16-,19-17-/t38-/m0/s1. The third-order valence-corrected chi connectivity index (χ3v) is 7.85. The number of aliphatic hydroxyl groups excluding tert-OH is 1. The molecule has 0 aromatic heterocycles. The van der Waals surface area contributed by atoms with Gasteiger partial charge in [-0.05, 0) is 70.6 Å². The Kier molecular flexibility index (Phi) is 34.6. The Morgan fingerprint density at radius 2 is 0.911 bits per heavy atom. The van der Waals surface area contributed by atoms with Crippen molar-refractivity contribution in [1.82, 2.24) is 0 Å². The van der Waals surface area contributed by atoms with E-state index in [1.165, 1.54) is 83.5 Å². The first-order valence-electron chi connectivity index (χ1n) is 18.7. The topological polar surface area (TPSA) is 72.8 Å². The van der Waals surface area contributed by atoms with Crippen molar-refractivity contribution in [3.8, 4) is 0 Å². The second kappa shape index (κ2) is 36.3. The van der Waals surface area contributed by atoms with Gasteiger partial charge >= 0.3 is 11.9 Å². The molecule has 0 saturated heterocycles. The molecular formula is C40H70O5. The molecule has 0 spiro atoms. The molecule has 0 heterocycles. The van der Waals surface area contributed by atoms with Crippen molar-refractivity contribution in [3.63, 3.8) is 0 Å². The molecule has 0 fully saturated rings. The van der Waals surface area contributed by atoms with Gasteiger partial charge in [-0.2, -0.15) is 0 Å². The van der Waals surface area contributed by atoms with Gasteiger partial charge < -0.3 is 14.6 Å². The summed E-state index contributed by atoms with van der Waals surface area (Å²) in [6, 6.07) is 0. The molecule has 0 radical (unpaired) electrons. The van der Waals surface area contributed by atoms with Gasteiger partial charge in [0.05, 0.1) is 6.61 Å². The molecule has 0 unspecified atom stereocenters. The molecule has 0 aliphatic carbocycles. The Morgan fingerprint density at radius 3 is 1.38 bits per heavy atom. The zero-order valence-electron chi connectivity index (χ0n) is 29.4. The van der Waals surface area contributed by atoms with Crippen molar-refractivity contribution in [1.29, 1.82) is 0 Å². The summed E-state index contributed by atoms with van der Waals surface area (Å²) in [5, 5.41) is 9.53. The number of carbonyl (C=O) groups is 2. The molecule has 0 amide bonds. The van der Waals surface area contributed by atoms with Crippen molar-refractivity contribution in [2.75, 3.05) is 13.2 Å². The van der Waals surface area contributed by atoms with Gasteiger partial charge in [-0.3, -0.25) is 9.59 Å². The number of carbonyl (C=O) groups excluding carboxylic acids is 2. The average molecular weight is 631 g/mol. The number of ether oxygens (including phenoxy) is 2. The van der Waals surface area contributed by atoms with Gasteiger partial charge in [-0.25, -0.2) is 0 Å². The van der Waals surface area contributed by atoms with E-state index in [1.807, 2.05) is 0 Å². The van der Waals surface area contributed by atoms with Gasteiger partial charge in [0.2, 0.25) is 0 Å². The molecule has 1 atom stereocenters. The first-order chi connectivity index (χ1) is 22.1. The number of aliphatic hydroxyl groups is 1.